The van der Waals surface area contributed by atoms with E-state index in [0.717, 1.165) is 11.1 Å². The van der Waals surface area contributed by atoms with Crippen LogP contribution in [0.15, 0.2) is 90.3 Å². The molecule has 0 saturated heterocycles. The van der Waals surface area contributed by atoms with Crippen LogP contribution >= 0.6 is 0 Å². The van der Waals surface area contributed by atoms with Crippen molar-refractivity contribution in [1.29, 1.82) is 0 Å². The Labute approximate surface area is 134 Å². The van der Waals surface area contributed by atoms with E-state index in [-0.39, 0.29) is 5.91 Å². The summed E-state index contributed by atoms with van der Waals surface area (Å²) in [6, 6.07) is 22.4. The van der Waals surface area contributed by atoms with Crippen LogP contribution in [0.5, 0.6) is 0 Å². The SMILES string of the molecule is O=C(N/N=C(/c1ccccc1)c1ccncc1)c1ccccc1. The molecule has 0 atom stereocenters. The maximum absolute atomic E-state index is 12.2. The Hall–Kier alpha value is -3.27. The molecule has 1 amide bonds. The highest BCUT2D eigenvalue weighted by Gasteiger charge is 2.08. The van der Waals surface area contributed by atoms with Gasteiger partial charge in [-0.15, -0.1) is 0 Å². The standard InChI is InChI=1S/C19H15N3O/c23-19(17-9-5-2-6-10-17)22-21-18(15-7-3-1-4-8-15)16-11-13-20-14-12-16/h1-14H,(H,22,23)/b21-18-. The molecule has 0 saturated carbocycles. The fourth-order valence-electron chi connectivity index (χ4n) is 2.16. The average Bonchev–Trinajstić information content (AvgIpc) is 2.64. The second-order valence-electron chi connectivity index (χ2n) is 4.87. The molecule has 0 unspecified atom stereocenters. The van der Waals surface area contributed by atoms with Crippen LogP contribution in [0.3, 0.4) is 0 Å². The summed E-state index contributed by atoms with van der Waals surface area (Å²) in [6.07, 6.45) is 3.40. The van der Waals surface area contributed by atoms with Gasteiger partial charge in [-0.2, -0.15) is 5.10 Å². The van der Waals surface area contributed by atoms with Crippen molar-refractivity contribution >= 4 is 11.6 Å². The van der Waals surface area contributed by atoms with Gasteiger partial charge in [0.05, 0.1) is 5.71 Å². The number of benzene rings is 2. The van der Waals surface area contributed by atoms with Gasteiger partial charge in [0.1, 0.15) is 0 Å². The Morgan fingerprint density at radius 2 is 1.26 bits per heavy atom. The predicted molar refractivity (Wildman–Crippen MR) is 90.2 cm³/mol. The lowest BCUT2D eigenvalue weighted by molar-refractivity contribution is 0.0955. The highest BCUT2D eigenvalue weighted by atomic mass is 16.2. The molecule has 112 valence electrons. The first-order valence-corrected chi connectivity index (χ1v) is 7.23. The molecule has 3 rings (SSSR count). The Bertz CT molecular complexity index is 758. The number of hydrazone groups is 1. The van der Waals surface area contributed by atoms with E-state index in [1.165, 1.54) is 0 Å². The Morgan fingerprint density at radius 3 is 1.87 bits per heavy atom. The van der Waals surface area contributed by atoms with Crippen molar-refractivity contribution in [2.45, 2.75) is 0 Å². The van der Waals surface area contributed by atoms with Crippen LogP contribution in [-0.4, -0.2) is 16.6 Å². The van der Waals surface area contributed by atoms with E-state index in [1.807, 2.05) is 60.7 Å². The summed E-state index contributed by atoms with van der Waals surface area (Å²) in [5.41, 5.74) is 5.70. The lowest BCUT2D eigenvalue weighted by Crippen LogP contribution is -2.20. The first-order chi connectivity index (χ1) is 11.3. The molecule has 1 N–H and O–H groups in total. The molecule has 0 radical (unpaired) electrons. The van der Waals surface area contributed by atoms with Crippen molar-refractivity contribution in [3.63, 3.8) is 0 Å². The largest absolute Gasteiger partial charge is 0.271 e. The summed E-state index contributed by atoms with van der Waals surface area (Å²) in [6.45, 7) is 0. The van der Waals surface area contributed by atoms with E-state index in [0.29, 0.717) is 11.3 Å². The molecule has 0 aliphatic carbocycles. The number of aromatic nitrogens is 1. The van der Waals surface area contributed by atoms with Gasteiger partial charge in [-0.3, -0.25) is 9.78 Å². The van der Waals surface area contributed by atoms with Gasteiger partial charge in [-0.1, -0.05) is 48.5 Å². The lowest BCUT2D eigenvalue weighted by Gasteiger charge is -2.07. The Morgan fingerprint density at radius 1 is 0.739 bits per heavy atom. The lowest BCUT2D eigenvalue weighted by atomic mass is 10.0. The van der Waals surface area contributed by atoms with Crippen LogP contribution in [0.2, 0.25) is 0 Å². The Balaban J connectivity index is 1.91. The van der Waals surface area contributed by atoms with Crippen LogP contribution in [0.4, 0.5) is 0 Å². The van der Waals surface area contributed by atoms with Crippen molar-refractivity contribution in [3.05, 3.63) is 102 Å². The average molecular weight is 301 g/mol. The summed E-state index contributed by atoms with van der Waals surface area (Å²) >= 11 is 0. The molecular weight excluding hydrogens is 286 g/mol. The number of nitrogens with zero attached hydrogens (tertiary/aromatic N) is 2. The van der Waals surface area contributed by atoms with Crippen LogP contribution in [-0.2, 0) is 0 Å². The monoisotopic (exact) mass is 301 g/mol. The maximum Gasteiger partial charge on any atom is 0.271 e. The summed E-state index contributed by atoms with van der Waals surface area (Å²) in [5, 5.41) is 4.33. The van der Waals surface area contributed by atoms with Crippen LogP contribution < -0.4 is 5.43 Å². The molecule has 4 heteroatoms. The number of pyridine rings is 1. The Kier molecular flexibility index (Phi) is 4.55. The van der Waals surface area contributed by atoms with Gasteiger partial charge in [0, 0.05) is 29.1 Å². The molecule has 4 nitrogen and oxygen atoms in total. The molecule has 1 aromatic heterocycles. The number of rotatable bonds is 4. The van der Waals surface area contributed by atoms with Crippen LogP contribution in [0.25, 0.3) is 0 Å². The van der Waals surface area contributed by atoms with Crippen LogP contribution in [0.1, 0.15) is 21.5 Å². The van der Waals surface area contributed by atoms with E-state index >= 15 is 0 Å². The van der Waals surface area contributed by atoms with E-state index in [2.05, 4.69) is 15.5 Å². The minimum absolute atomic E-state index is 0.243. The summed E-state index contributed by atoms with van der Waals surface area (Å²) in [7, 11) is 0. The molecule has 0 bridgehead atoms. The molecule has 2 aromatic carbocycles. The number of amides is 1. The third-order valence-electron chi connectivity index (χ3n) is 3.31. The first kappa shape index (κ1) is 14.7. The highest BCUT2D eigenvalue weighted by molar-refractivity contribution is 6.13. The quantitative estimate of drug-likeness (QED) is 0.594. The number of carbonyl (C=O) groups excluding carboxylic acids is 1. The second-order valence-corrected chi connectivity index (χ2v) is 4.87. The summed E-state index contributed by atoms with van der Waals surface area (Å²) in [5.74, 6) is -0.243. The van der Waals surface area contributed by atoms with Gasteiger partial charge in [-0.25, -0.2) is 5.43 Å². The number of carbonyl (C=O) groups is 1. The molecule has 1 heterocycles. The van der Waals surface area contributed by atoms with Gasteiger partial charge >= 0.3 is 0 Å². The zero-order valence-electron chi connectivity index (χ0n) is 12.4. The first-order valence-electron chi connectivity index (χ1n) is 7.23. The van der Waals surface area contributed by atoms with E-state index in [9.17, 15) is 4.79 Å². The van der Waals surface area contributed by atoms with Gasteiger partial charge in [-0.05, 0) is 24.3 Å². The van der Waals surface area contributed by atoms with Crippen LogP contribution in [0, 0.1) is 0 Å². The molecule has 23 heavy (non-hydrogen) atoms. The number of nitrogens with one attached hydrogen (secondary N) is 1. The molecule has 3 aromatic rings. The molecule has 0 aliphatic heterocycles. The van der Waals surface area contributed by atoms with Gasteiger partial charge in [0.25, 0.3) is 5.91 Å². The minimum atomic E-state index is -0.243. The number of hydrogen-bond donors (Lipinski definition) is 1. The second kappa shape index (κ2) is 7.13. The number of hydrogen-bond acceptors (Lipinski definition) is 3. The zero-order chi connectivity index (χ0) is 15.9. The maximum atomic E-state index is 12.2. The highest BCUT2D eigenvalue weighted by Crippen LogP contribution is 2.10. The fraction of sp³-hybridized carbons (Fsp3) is 0. The smallest absolute Gasteiger partial charge is 0.267 e. The third kappa shape index (κ3) is 3.68. The third-order valence-corrected chi connectivity index (χ3v) is 3.31. The topological polar surface area (TPSA) is 54.4 Å². The predicted octanol–water partition coefficient (Wildman–Crippen LogP) is 3.26. The van der Waals surface area contributed by atoms with Crippen molar-refractivity contribution in [2.75, 3.05) is 0 Å². The van der Waals surface area contributed by atoms with Crippen molar-refractivity contribution in [3.8, 4) is 0 Å². The molecule has 0 fully saturated rings. The van der Waals surface area contributed by atoms with E-state index in [1.54, 1.807) is 24.5 Å². The summed E-state index contributed by atoms with van der Waals surface area (Å²) in [4.78, 5) is 16.2. The summed E-state index contributed by atoms with van der Waals surface area (Å²) < 4.78 is 0. The molecule has 0 aliphatic rings. The minimum Gasteiger partial charge on any atom is -0.267 e. The van der Waals surface area contributed by atoms with Gasteiger partial charge in [0.15, 0.2) is 0 Å². The fourth-order valence-corrected chi connectivity index (χ4v) is 2.16. The molecule has 0 spiro atoms. The van der Waals surface area contributed by atoms with Crippen molar-refractivity contribution in [1.82, 2.24) is 10.4 Å². The van der Waals surface area contributed by atoms with E-state index in [4.69, 9.17) is 0 Å². The van der Waals surface area contributed by atoms with Gasteiger partial charge < -0.3 is 0 Å². The van der Waals surface area contributed by atoms with E-state index < -0.39 is 0 Å². The van der Waals surface area contributed by atoms with Crippen molar-refractivity contribution in [2.24, 2.45) is 5.10 Å². The van der Waals surface area contributed by atoms with Gasteiger partial charge in [0.2, 0.25) is 0 Å². The zero-order valence-corrected chi connectivity index (χ0v) is 12.4. The normalized spacial score (nSPS) is 11.0. The van der Waals surface area contributed by atoms with Crippen molar-refractivity contribution < 1.29 is 4.79 Å². The molecular formula is C19H15N3O.